The van der Waals surface area contributed by atoms with E-state index in [1.807, 2.05) is 19.1 Å². The first kappa shape index (κ1) is 12.6. The summed E-state index contributed by atoms with van der Waals surface area (Å²) in [4.78, 5) is 10.8. The molecule has 1 aromatic rings. The Morgan fingerprint density at radius 3 is 2.44 bits per heavy atom. The summed E-state index contributed by atoms with van der Waals surface area (Å²) in [5.74, 6) is -0.959. The maximum Gasteiger partial charge on any atom is 0.338 e. The predicted molar refractivity (Wildman–Crippen MR) is 56.6 cm³/mol. The van der Waals surface area contributed by atoms with Crippen LogP contribution in [0.3, 0.4) is 0 Å². The molecule has 0 spiro atoms. The van der Waals surface area contributed by atoms with Gasteiger partial charge in [-0.2, -0.15) is 0 Å². The lowest BCUT2D eigenvalue weighted by atomic mass is 10.1. The van der Waals surface area contributed by atoms with Crippen molar-refractivity contribution in [3.8, 4) is 0 Å². The molecule has 1 atom stereocenters. The zero-order valence-electron chi connectivity index (χ0n) is 9.08. The van der Waals surface area contributed by atoms with Crippen LogP contribution in [0.25, 0.3) is 0 Å². The molecule has 0 heterocycles. The summed E-state index contributed by atoms with van der Waals surface area (Å²) in [5, 5.41) is 0. The standard InChI is InChI=1S/C12H14F2O2/c1-9-2-4-10(5-3-9)11(6-7-13)16-12(15)8-14/h2-5,11H,6-8H2,1H3. The van der Waals surface area contributed by atoms with Crippen molar-refractivity contribution in [3.05, 3.63) is 35.4 Å². The van der Waals surface area contributed by atoms with Gasteiger partial charge in [-0.05, 0) is 12.5 Å². The lowest BCUT2D eigenvalue weighted by Crippen LogP contribution is -2.13. The number of hydrogen-bond donors (Lipinski definition) is 0. The van der Waals surface area contributed by atoms with Gasteiger partial charge in [0, 0.05) is 6.42 Å². The van der Waals surface area contributed by atoms with Gasteiger partial charge in [0.05, 0.1) is 6.67 Å². The Balaban J connectivity index is 2.76. The fraction of sp³-hybridized carbons (Fsp3) is 0.417. The van der Waals surface area contributed by atoms with Crippen molar-refractivity contribution >= 4 is 5.97 Å². The SMILES string of the molecule is Cc1ccc(C(CCF)OC(=O)CF)cc1. The van der Waals surface area contributed by atoms with Crippen LogP contribution < -0.4 is 0 Å². The van der Waals surface area contributed by atoms with E-state index in [0.29, 0.717) is 5.56 Å². The number of carbonyl (C=O) groups excluding carboxylic acids is 1. The largest absolute Gasteiger partial charge is 0.455 e. The van der Waals surface area contributed by atoms with Crippen molar-refractivity contribution in [3.63, 3.8) is 0 Å². The molecule has 4 heteroatoms. The lowest BCUT2D eigenvalue weighted by Gasteiger charge is -2.16. The van der Waals surface area contributed by atoms with E-state index >= 15 is 0 Å². The van der Waals surface area contributed by atoms with Crippen LogP contribution in [0, 0.1) is 6.92 Å². The highest BCUT2D eigenvalue weighted by Crippen LogP contribution is 2.22. The van der Waals surface area contributed by atoms with E-state index in [-0.39, 0.29) is 6.42 Å². The first-order valence-corrected chi connectivity index (χ1v) is 5.05. The van der Waals surface area contributed by atoms with E-state index in [1.165, 1.54) is 0 Å². The summed E-state index contributed by atoms with van der Waals surface area (Å²) in [6, 6.07) is 7.18. The molecule has 1 rings (SSSR count). The Morgan fingerprint density at radius 1 is 1.31 bits per heavy atom. The Morgan fingerprint density at radius 2 is 1.94 bits per heavy atom. The minimum absolute atomic E-state index is 0.0504. The van der Waals surface area contributed by atoms with Crippen molar-refractivity contribution in [2.45, 2.75) is 19.4 Å². The molecule has 0 radical (unpaired) electrons. The number of benzene rings is 1. The summed E-state index contributed by atoms with van der Waals surface area (Å²) in [5.41, 5.74) is 1.74. The van der Waals surface area contributed by atoms with Gasteiger partial charge in [-0.1, -0.05) is 29.8 Å². The van der Waals surface area contributed by atoms with Gasteiger partial charge < -0.3 is 4.74 Å². The molecule has 1 unspecified atom stereocenters. The van der Waals surface area contributed by atoms with Gasteiger partial charge in [-0.15, -0.1) is 0 Å². The third-order valence-electron chi connectivity index (χ3n) is 2.20. The topological polar surface area (TPSA) is 26.3 Å². The molecule has 0 saturated heterocycles. The summed E-state index contributed by atoms with van der Waals surface area (Å²) in [6.07, 6.45) is -0.650. The predicted octanol–water partition coefficient (Wildman–Crippen LogP) is 2.91. The molecule has 0 aliphatic carbocycles. The second-order valence-electron chi connectivity index (χ2n) is 3.50. The van der Waals surface area contributed by atoms with E-state index in [0.717, 1.165) is 5.56 Å². The molecule has 0 N–H and O–H groups in total. The number of hydrogen-bond acceptors (Lipinski definition) is 2. The molecule has 88 valence electrons. The maximum atomic E-state index is 12.3. The summed E-state index contributed by atoms with van der Waals surface area (Å²) < 4.78 is 29.1. The van der Waals surface area contributed by atoms with Gasteiger partial charge in [-0.25, -0.2) is 9.18 Å². The Hall–Kier alpha value is -1.45. The van der Waals surface area contributed by atoms with Crippen LogP contribution in [-0.2, 0) is 9.53 Å². The molecular weight excluding hydrogens is 214 g/mol. The van der Waals surface area contributed by atoms with Crippen LogP contribution in [0.5, 0.6) is 0 Å². The second-order valence-corrected chi connectivity index (χ2v) is 3.50. The van der Waals surface area contributed by atoms with Crippen LogP contribution in [0.2, 0.25) is 0 Å². The number of halogens is 2. The van der Waals surface area contributed by atoms with E-state index in [4.69, 9.17) is 4.74 Å². The van der Waals surface area contributed by atoms with Crippen LogP contribution in [0.15, 0.2) is 24.3 Å². The van der Waals surface area contributed by atoms with Crippen LogP contribution in [0.1, 0.15) is 23.7 Å². The molecule has 0 amide bonds. The van der Waals surface area contributed by atoms with Gasteiger partial charge in [0.25, 0.3) is 0 Å². The highest BCUT2D eigenvalue weighted by Gasteiger charge is 2.16. The summed E-state index contributed by atoms with van der Waals surface area (Å²) in [6.45, 7) is 0.119. The smallest absolute Gasteiger partial charge is 0.338 e. The van der Waals surface area contributed by atoms with Crippen molar-refractivity contribution in [2.24, 2.45) is 0 Å². The van der Waals surface area contributed by atoms with E-state index in [9.17, 15) is 13.6 Å². The number of rotatable bonds is 5. The average Bonchev–Trinajstić information content (AvgIpc) is 2.29. The van der Waals surface area contributed by atoms with Gasteiger partial charge in [-0.3, -0.25) is 4.39 Å². The molecule has 16 heavy (non-hydrogen) atoms. The number of esters is 1. The molecule has 0 bridgehead atoms. The van der Waals surface area contributed by atoms with E-state index < -0.39 is 25.4 Å². The van der Waals surface area contributed by atoms with E-state index in [2.05, 4.69) is 0 Å². The van der Waals surface area contributed by atoms with Gasteiger partial charge in [0.15, 0.2) is 6.67 Å². The number of alkyl halides is 2. The minimum atomic E-state index is -1.19. The fourth-order valence-electron chi connectivity index (χ4n) is 1.36. The minimum Gasteiger partial charge on any atom is -0.455 e. The Labute approximate surface area is 93.2 Å². The zero-order valence-corrected chi connectivity index (χ0v) is 9.08. The summed E-state index contributed by atoms with van der Waals surface area (Å²) >= 11 is 0. The fourth-order valence-corrected chi connectivity index (χ4v) is 1.36. The molecule has 0 aliphatic heterocycles. The Bertz CT molecular complexity index is 335. The maximum absolute atomic E-state index is 12.3. The van der Waals surface area contributed by atoms with Crippen LogP contribution >= 0.6 is 0 Å². The molecule has 0 aliphatic rings. The molecule has 0 fully saturated rings. The number of ether oxygens (including phenoxy) is 1. The van der Waals surface area contributed by atoms with Crippen molar-refractivity contribution < 1.29 is 18.3 Å². The highest BCUT2D eigenvalue weighted by atomic mass is 19.1. The average molecular weight is 228 g/mol. The molecule has 2 nitrogen and oxygen atoms in total. The normalized spacial score (nSPS) is 12.2. The van der Waals surface area contributed by atoms with Gasteiger partial charge in [0.1, 0.15) is 6.10 Å². The Kier molecular flexibility index (Phi) is 4.89. The quantitative estimate of drug-likeness (QED) is 0.724. The molecule has 1 aromatic carbocycles. The van der Waals surface area contributed by atoms with E-state index in [1.54, 1.807) is 12.1 Å². The number of carbonyl (C=O) groups is 1. The van der Waals surface area contributed by atoms with Crippen LogP contribution in [0.4, 0.5) is 8.78 Å². The first-order chi connectivity index (χ1) is 7.67. The van der Waals surface area contributed by atoms with Crippen molar-refractivity contribution in [1.82, 2.24) is 0 Å². The third-order valence-corrected chi connectivity index (χ3v) is 2.20. The van der Waals surface area contributed by atoms with Gasteiger partial charge >= 0.3 is 5.97 Å². The van der Waals surface area contributed by atoms with Gasteiger partial charge in [0.2, 0.25) is 0 Å². The summed E-state index contributed by atoms with van der Waals surface area (Å²) in [7, 11) is 0. The zero-order chi connectivity index (χ0) is 12.0. The van der Waals surface area contributed by atoms with Crippen molar-refractivity contribution in [1.29, 1.82) is 0 Å². The monoisotopic (exact) mass is 228 g/mol. The highest BCUT2D eigenvalue weighted by molar-refractivity contribution is 5.70. The van der Waals surface area contributed by atoms with Crippen LogP contribution in [-0.4, -0.2) is 19.3 Å². The van der Waals surface area contributed by atoms with Crippen molar-refractivity contribution in [2.75, 3.05) is 13.3 Å². The second kappa shape index (κ2) is 6.20. The lowest BCUT2D eigenvalue weighted by molar-refractivity contribution is -0.151. The number of aryl methyl sites for hydroxylation is 1. The first-order valence-electron chi connectivity index (χ1n) is 5.05. The molecule has 0 aromatic heterocycles. The third kappa shape index (κ3) is 3.61. The molecular formula is C12H14F2O2. The molecule has 0 saturated carbocycles.